The third kappa shape index (κ3) is 2.79. The summed E-state index contributed by atoms with van der Waals surface area (Å²) in [6, 6.07) is 10.9. The second kappa shape index (κ2) is 5.10. The maximum atomic E-state index is 4.71. The zero-order valence-electron chi connectivity index (χ0n) is 7.57. The zero-order chi connectivity index (χ0) is 8.27. The Kier molecular flexibility index (Phi) is 4.84. The summed E-state index contributed by atoms with van der Waals surface area (Å²) in [5.74, 6) is 0. The molecule has 2 heteroatoms. The molecule has 0 aliphatic rings. The molecule has 0 saturated heterocycles. The summed E-state index contributed by atoms with van der Waals surface area (Å²) in [7, 11) is 1.95. The number of para-hydroxylation sites is 1. The summed E-state index contributed by atoms with van der Waals surface area (Å²) >= 11 is 4.71. The standard InChI is InChI=1S/C9H10N.CH3.Ni/c1-3-10(2)9-7-5-4-6-8-9;;/h4-7H,1-2H3;1H3;/q2*-1;. The Morgan fingerprint density at radius 1 is 1.50 bits per heavy atom. The van der Waals surface area contributed by atoms with Gasteiger partial charge in [0, 0.05) is 0 Å². The van der Waals surface area contributed by atoms with Crippen molar-refractivity contribution in [2.24, 2.45) is 0 Å². The summed E-state index contributed by atoms with van der Waals surface area (Å²) < 4.78 is 0.896. The van der Waals surface area contributed by atoms with Crippen LogP contribution in [0.25, 0.3) is 0 Å². The fraction of sp³-hybridized carbons (Fsp3) is 0.200. The van der Waals surface area contributed by atoms with Gasteiger partial charge in [0.05, 0.1) is 0 Å². The second-order valence-electron chi connectivity index (χ2n) is 2.26. The number of nitrogens with zero attached hydrogens (tertiary/aromatic N) is 1. The van der Waals surface area contributed by atoms with Gasteiger partial charge >= 0.3 is 74.5 Å². The van der Waals surface area contributed by atoms with Crippen molar-refractivity contribution in [3.63, 3.8) is 0 Å². The number of rotatable bonds is 2. The van der Waals surface area contributed by atoms with Crippen LogP contribution in [-0.2, 0) is 15.0 Å². The van der Waals surface area contributed by atoms with Gasteiger partial charge in [0.2, 0.25) is 0 Å². The van der Waals surface area contributed by atoms with Gasteiger partial charge in [0.15, 0.2) is 0 Å². The van der Waals surface area contributed by atoms with Gasteiger partial charge in [-0.05, 0) is 0 Å². The average molecular weight is 206 g/mol. The molecule has 0 aromatic heterocycles. The Morgan fingerprint density at radius 3 is 2.58 bits per heavy atom. The van der Waals surface area contributed by atoms with Crippen molar-refractivity contribution in [3.8, 4) is 0 Å². The molecule has 1 rings (SSSR count). The van der Waals surface area contributed by atoms with Crippen LogP contribution in [0.5, 0.6) is 0 Å². The van der Waals surface area contributed by atoms with Crippen LogP contribution in [-0.4, -0.2) is 11.7 Å². The van der Waals surface area contributed by atoms with Crippen molar-refractivity contribution in [2.45, 2.75) is 6.92 Å². The minimum atomic E-state index is 0. The van der Waals surface area contributed by atoms with Crippen LogP contribution in [0.2, 0.25) is 0 Å². The summed E-state index contributed by atoms with van der Waals surface area (Å²) in [6.45, 7) is 1.92. The van der Waals surface area contributed by atoms with Gasteiger partial charge in [-0.15, -0.1) is 0 Å². The summed E-state index contributed by atoms with van der Waals surface area (Å²) in [5, 5.41) is 0. The Morgan fingerprint density at radius 2 is 2.17 bits per heavy atom. The van der Waals surface area contributed by atoms with E-state index in [1.165, 1.54) is 0 Å². The minimum absolute atomic E-state index is 0. The molecule has 0 unspecified atom stereocenters. The largest absolute Gasteiger partial charge is 0.358 e. The van der Waals surface area contributed by atoms with Gasteiger partial charge in [-0.3, -0.25) is 0 Å². The van der Waals surface area contributed by atoms with Crippen LogP contribution in [0.15, 0.2) is 24.3 Å². The van der Waals surface area contributed by atoms with Crippen LogP contribution in [0.3, 0.4) is 0 Å². The average Bonchev–Trinajstić information content (AvgIpc) is 2.05. The van der Waals surface area contributed by atoms with Gasteiger partial charge in [-0.2, -0.15) is 0 Å². The fourth-order valence-electron chi connectivity index (χ4n) is 0.751. The molecule has 0 N–H and O–H groups in total. The quantitative estimate of drug-likeness (QED) is 0.528. The van der Waals surface area contributed by atoms with Crippen LogP contribution in [0, 0.1) is 13.5 Å². The number of hydrogen-bond donors (Lipinski definition) is 0. The molecule has 1 aromatic rings. The zero-order valence-corrected chi connectivity index (χ0v) is 8.56. The van der Waals surface area contributed by atoms with E-state index in [2.05, 4.69) is 6.07 Å². The van der Waals surface area contributed by atoms with Crippen molar-refractivity contribution in [1.29, 1.82) is 0 Å². The van der Waals surface area contributed by atoms with E-state index in [4.69, 9.17) is 15.0 Å². The minimum Gasteiger partial charge on any atom is -0.358 e. The molecule has 0 aliphatic heterocycles. The van der Waals surface area contributed by atoms with Crippen molar-refractivity contribution in [2.75, 3.05) is 11.9 Å². The van der Waals surface area contributed by atoms with E-state index >= 15 is 0 Å². The molecule has 12 heavy (non-hydrogen) atoms. The first-order chi connectivity index (χ1) is 5.22. The Hall–Kier alpha value is -0.616. The van der Waals surface area contributed by atoms with E-state index in [0.717, 1.165) is 10.3 Å². The third-order valence-corrected chi connectivity index (χ3v) is 1.83. The van der Waals surface area contributed by atoms with Crippen LogP contribution >= 0.6 is 0 Å². The van der Waals surface area contributed by atoms with Crippen molar-refractivity contribution in [1.82, 2.24) is 0 Å². The normalized spacial score (nSPS) is 8.67. The van der Waals surface area contributed by atoms with E-state index < -0.39 is 0 Å². The van der Waals surface area contributed by atoms with E-state index in [-0.39, 0.29) is 7.43 Å². The molecule has 0 saturated carbocycles. The molecule has 0 amide bonds. The monoisotopic (exact) mass is 205 g/mol. The van der Waals surface area contributed by atoms with Crippen LogP contribution in [0.1, 0.15) is 6.92 Å². The van der Waals surface area contributed by atoms with E-state index in [1.54, 1.807) is 0 Å². The van der Waals surface area contributed by atoms with E-state index in [9.17, 15) is 0 Å². The molecule has 0 spiro atoms. The Balaban J connectivity index is 0.00000121. The van der Waals surface area contributed by atoms with Crippen molar-refractivity contribution < 1.29 is 15.0 Å². The Bertz CT molecular complexity index is 243. The van der Waals surface area contributed by atoms with Crippen LogP contribution in [0.4, 0.5) is 5.69 Å². The SMILES string of the molecule is C[C](=[Ni])N(C)c1[c-]cccc1.[CH3-]. The molecular weight excluding hydrogens is 193 g/mol. The van der Waals surface area contributed by atoms with Gasteiger partial charge in [0.1, 0.15) is 0 Å². The van der Waals surface area contributed by atoms with Gasteiger partial charge < -0.3 is 7.43 Å². The topological polar surface area (TPSA) is 3.24 Å². The molecule has 0 fully saturated rings. The maximum Gasteiger partial charge on any atom is -0.358 e. The number of hydrogen-bond acceptors (Lipinski definition) is 1. The second-order valence-corrected chi connectivity index (χ2v) is 2.97. The molecule has 0 aliphatic carbocycles. The predicted molar refractivity (Wildman–Crippen MR) is 50.8 cm³/mol. The third-order valence-electron chi connectivity index (χ3n) is 1.50. The van der Waals surface area contributed by atoms with Crippen molar-refractivity contribution in [3.05, 3.63) is 37.8 Å². The first-order valence-electron chi connectivity index (χ1n) is 3.38. The summed E-state index contributed by atoms with van der Waals surface area (Å²) in [5.41, 5.74) is 1.02. The molecule has 0 bridgehead atoms. The summed E-state index contributed by atoms with van der Waals surface area (Å²) in [6.07, 6.45) is 0. The first kappa shape index (κ1) is 11.4. The molecule has 1 aromatic carbocycles. The molecule has 0 heterocycles. The maximum absolute atomic E-state index is 4.71. The van der Waals surface area contributed by atoms with Gasteiger partial charge in [-0.25, -0.2) is 0 Å². The van der Waals surface area contributed by atoms with Gasteiger partial charge in [0.25, 0.3) is 0 Å². The predicted octanol–water partition coefficient (Wildman–Crippen LogP) is 2.07. The van der Waals surface area contributed by atoms with E-state index in [1.807, 2.05) is 43.1 Å². The number of benzene rings is 1. The van der Waals surface area contributed by atoms with Gasteiger partial charge in [-0.1, -0.05) is 0 Å². The van der Waals surface area contributed by atoms with E-state index in [0.29, 0.717) is 0 Å². The molecule has 0 atom stereocenters. The number of anilines is 1. The molecular formula is C10H13NNi-2. The van der Waals surface area contributed by atoms with Crippen molar-refractivity contribution >= 4 is 10.3 Å². The Labute approximate surface area is 82.3 Å². The smallest absolute Gasteiger partial charge is 0.358 e. The molecule has 70 valence electrons. The first-order valence-corrected chi connectivity index (χ1v) is 3.87. The summed E-state index contributed by atoms with van der Waals surface area (Å²) in [4.78, 5) is 1.94. The molecule has 1 nitrogen and oxygen atoms in total. The molecule has 0 radical (unpaired) electrons. The van der Waals surface area contributed by atoms with Crippen LogP contribution < -0.4 is 4.90 Å². The fourth-order valence-corrected chi connectivity index (χ4v) is 0.870.